The lowest BCUT2D eigenvalue weighted by molar-refractivity contribution is -0.945. The van der Waals surface area contributed by atoms with Crippen molar-refractivity contribution in [3.63, 3.8) is 0 Å². The van der Waals surface area contributed by atoms with Gasteiger partial charge in [0.2, 0.25) is 6.73 Å². The zero-order valence-electron chi connectivity index (χ0n) is 14.2. The highest BCUT2D eigenvalue weighted by Gasteiger charge is 2.26. The van der Waals surface area contributed by atoms with Gasteiger partial charge in [0.15, 0.2) is 5.58 Å². The molecule has 0 fully saturated rings. The second-order valence-electron chi connectivity index (χ2n) is 6.54. The van der Waals surface area contributed by atoms with Crippen molar-refractivity contribution in [3.05, 3.63) is 74.9 Å². The first-order chi connectivity index (χ1) is 12.0. The third-order valence-corrected chi connectivity index (χ3v) is 4.94. The van der Waals surface area contributed by atoms with Crippen LogP contribution < -0.4 is 15.3 Å². The monoisotopic (exact) mass is 340 g/mol. The Kier molecular flexibility index (Phi) is 3.81. The van der Waals surface area contributed by atoms with Gasteiger partial charge < -0.3 is 9.15 Å². The molecule has 1 atom stereocenters. The summed E-state index contributed by atoms with van der Waals surface area (Å²) in [5.74, 6) is 0.521. The maximum Gasteiger partial charge on any atom is 0.339 e. The van der Waals surface area contributed by atoms with Gasteiger partial charge in [-0.3, -0.25) is 4.90 Å². The maximum absolute atomic E-state index is 13.9. The molecule has 0 radical (unpaired) electrons. The normalized spacial score (nSPS) is 16.5. The number of nitrogens with one attached hydrogen (secondary N) is 1. The Bertz CT molecular complexity index is 1030. The summed E-state index contributed by atoms with van der Waals surface area (Å²) in [5.41, 5.74) is 3.33. The van der Waals surface area contributed by atoms with E-state index in [0.717, 1.165) is 27.2 Å². The second-order valence-corrected chi connectivity index (χ2v) is 6.54. The summed E-state index contributed by atoms with van der Waals surface area (Å²) in [4.78, 5) is 13.2. The minimum absolute atomic E-state index is 0.211. The number of aryl methyl sites for hydroxylation is 1. The van der Waals surface area contributed by atoms with Crippen molar-refractivity contribution in [1.82, 2.24) is 0 Å². The molecule has 1 N–H and O–H groups in total. The van der Waals surface area contributed by atoms with E-state index in [9.17, 15) is 9.18 Å². The van der Waals surface area contributed by atoms with Crippen LogP contribution in [0.15, 0.2) is 45.6 Å². The average molecular weight is 340 g/mol. The van der Waals surface area contributed by atoms with Crippen LogP contribution in [0.5, 0.6) is 5.75 Å². The van der Waals surface area contributed by atoms with Crippen molar-refractivity contribution < 1.29 is 18.4 Å². The molecule has 0 saturated carbocycles. The van der Waals surface area contributed by atoms with E-state index in [1.165, 1.54) is 6.07 Å². The van der Waals surface area contributed by atoms with Gasteiger partial charge in [-0.25, -0.2) is 9.18 Å². The molecule has 3 aromatic rings. The largest absolute Gasteiger partial charge is 0.445 e. The predicted molar refractivity (Wildman–Crippen MR) is 92.2 cm³/mol. The SMILES string of the molecule is Cc1c(C)c2ccc3c(c2oc1=O)C[NH+](Cc1ccccc1F)CO3. The van der Waals surface area contributed by atoms with E-state index in [-0.39, 0.29) is 11.4 Å². The van der Waals surface area contributed by atoms with Crippen LogP contribution in [-0.2, 0) is 13.1 Å². The number of quaternary nitrogens is 1. The van der Waals surface area contributed by atoms with Crippen LogP contribution in [0.25, 0.3) is 11.0 Å². The van der Waals surface area contributed by atoms with Crippen molar-refractivity contribution in [3.8, 4) is 5.75 Å². The molecule has 5 heteroatoms. The minimum atomic E-state index is -0.320. The van der Waals surface area contributed by atoms with E-state index < -0.39 is 0 Å². The molecule has 0 saturated heterocycles. The first-order valence-corrected chi connectivity index (χ1v) is 8.30. The van der Waals surface area contributed by atoms with Crippen molar-refractivity contribution in [2.45, 2.75) is 26.9 Å². The van der Waals surface area contributed by atoms with E-state index in [1.54, 1.807) is 19.1 Å². The van der Waals surface area contributed by atoms with E-state index >= 15 is 0 Å². The average Bonchev–Trinajstić information content (AvgIpc) is 2.62. The molecular weight excluding hydrogens is 321 g/mol. The fraction of sp³-hybridized carbons (Fsp3) is 0.250. The molecule has 0 spiro atoms. The van der Waals surface area contributed by atoms with Crippen molar-refractivity contribution in [2.75, 3.05) is 6.73 Å². The summed E-state index contributed by atoms with van der Waals surface area (Å²) in [7, 11) is 0. The van der Waals surface area contributed by atoms with Crippen LogP contribution in [0, 0.1) is 19.7 Å². The molecule has 0 bridgehead atoms. The van der Waals surface area contributed by atoms with Crippen LogP contribution in [0.3, 0.4) is 0 Å². The Hall–Kier alpha value is -2.66. The first kappa shape index (κ1) is 15.8. The van der Waals surface area contributed by atoms with Gasteiger partial charge >= 0.3 is 5.63 Å². The molecule has 1 aromatic heterocycles. The van der Waals surface area contributed by atoms with Crippen LogP contribution in [0.2, 0.25) is 0 Å². The quantitative estimate of drug-likeness (QED) is 0.729. The zero-order valence-corrected chi connectivity index (χ0v) is 14.2. The third-order valence-electron chi connectivity index (χ3n) is 4.94. The summed E-state index contributed by atoms with van der Waals surface area (Å²) in [6.07, 6.45) is 0. The molecule has 2 aromatic carbocycles. The molecule has 128 valence electrons. The number of rotatable bonds is 2. The molecular formula is C20H19FNO3+. The van der Waals surface area contributed by atoms with Gasteiger partial charge in [-0.05, 0) is 37.6 Å². The van der Waals surface area contributed by atoms with Crippen LogP contribution in [-0.4, -0.2) is 6.73 Å². The smallest absolute Gasteiger partial charge is 0.339 e. The first-order valence-electron chi connectivity index (χ1n) is 8.30. The Balaban J connectivity index is 1.75. The van der Waals surface area contributed by atoms with E-state index in [1.807, 2.05) is 25.1 Å². The van der Waals surface area contributed by atoms with Gasteiger partial charge in [0.1, 0.15) is 24.7 Å². The Morgan fingerprint density at radius 1 is 1.12 bits per heavy atom. The third kappa shape index (κ3) is 2.70. The Morgan fingerprint density at radius 3 is 2.72 bits per heavy atom. The predicted octanol–water partition coefficient (Wildman–Crippen LogP) is 2.48. The van der Waals surface area contributed by atoms with Gasteiger partial charge in [0, 0.05) is 16.5 Å². The standard InChI is InChI=1S/C20H18FNO3/c1-12-13(2)20(23)25-19-15(12)7-8-18-16(19)10-22(11-24-18)9-14-5-3-4-6-17(14)21/h3-8H,9-11H2,1-2H3/p+1. The highest BCUT2D eigenvalue weighted by Crippen LogP contribution is 2.30. The van der Waals surface area contributed by atoms with Crippen LogP contribution >= 0.6 is 0 Å². The number of benzene rings is 2. The van der Waals surface area contributed by atoms with E-state index in [0.29, 0.717) is 36.5 Å². The molecule has 0 aliphatic carbocycles. The molecule has 1 aliphatic rings. The molecule has 25 heavy (non-hydrogen) atoms. The minimum Gasteiger partial charge on any atom is -0.445 e. The lowest BCUT2D eigenvalue weighted by Gasteiger charge is -2.26. The van der Waals surface area contributed by atoms with Gasteiger partial charge in [-0.1, -0.05) is 18.2 Å². The highest BCUT2D eigenvalue weighted by atomic mass is 19.1. The number of halogens is 1. The van der Waals surface area contributed by atoms with E-state index in [4.69, 9.17) is 9.15 Å². The number of ether oxygens (including phenoxy) is 1. The Morgan fingerprint density at radius 2 is 1.92 bits per heavy atom. The summed E-state index contributed by atoms with van der Waals surface area (Å²) in [6.45, 7) is 5.27. The van der Waals surface area contributed by atoms with Crippen molar-refractivity contribution >= 4 is 11.0 Å². The molecule has 4 rings (SSSR count). The maximum atomic E-state index is 13.9. The van der Waals surface area contributed by atoms with Crippen LogP contribution in [0.1, 0.15) is 22.3 Å². The molecule has 2 heterocycles. The lowest BCUT2D eigenvalue weighted by Crippen LogP contribution is -3.11. The molecule has 1 aliphatic heterocycles. The summed E-state index contributed by atoms with van der Waals surface area (Å²) >= 11 is 0. The van der Waals surface area contributed by atoms with Gasteiger partial charge in [0.05, 0.1) is 5.56 Å². The summed E-state index contributed by atoms with van der Waals surface area (Å²) < 4.78 is 25.3. The summed E-state index contributed by atoms with van der Waals surface area (Å²) in [5, 5.41) is 0.923. The number of fused-ring (bicyclic) bond motifs is 3. The number of hydrogen-bond acceptors (Lipinski definition) is 3. The highest BCUT2D eigenvalue weighted by molar-refractivity contribution is 5.85. The second kappa shape index (κ2) is 6.01. The lowest BCUT2D eigenvalue weighted by atomic mass is 10.0. The zero-order chi connectivity index (χ0) is 17.6. The molecule has 0 amide bonds. The summed E-state index contributed by atoms with van der Waals surface area (Å²) in [6, 6.07) is 10.6. The van der Waals surface area contributed by atoms with Gasteiger partial charge in [-0.15, -0.1) is 0 Å². The van der Waals surface area contributed by atoms with Crippen LogP contribution in [0.4, 0.5) is 4.39 Å². The van der Waals surface area contributed by atoms with Crippen molar-refractivity contribution in [2.24, 2.45) is 0 Å². The number of hydrogen-bond donors (Lipinski definition) is 1. The fourth-order valence-electron chi connectivity index (χ4n) is 3.35. The van der Waals surface area contributed by atoms with Gasteiger partial charge in [0.25, 0.3) is 0 Å². The van der Waals surface area contributed by atoms with Gasteiger partial charge in [-0.2, -0.15) is 0 Å². The van der Waals surface area contributed by atoms with Crippen molar-refractivity contribution in [1.29, 1.82) is 0 Å². The fourth-order valence-corrected chi connectivity index (χ4v) is 3.35. The Labute approximate surface area is 144 Å². The van der Waals surface area contributed by atoms with E-state index in [2.05, 4.69) is 0 Å². The topological polar surface area (TPSA) is 43.9 Å². The molecule has 4 nitrogen and oxygen atoms in total. The molecule has 1 unspecified atom stereocenters.